The van der Waals surface area contributed by atoms with Crippen LogP contribution in [0.1, 0.15) is 90.9 Å². The van der Waals surface area contributed by atoms with Crippen molar-refractivity contribution < 1.29 is 14.4 Å². The maximum Gasteiger partial charge on any atom is 0.139 e. The van der Waals surface area contributed by atoms with Crippen molar-refractivity contribution in [3.8, 4) is 0 Å². The number of aldehydes is 1. The van der Waals surface area contributed by atoms with Crippen LogP contribution in [0.15, 0.2) is 0 Å². The molecule has 3 nitrogen and oxygen atoms in total. The SMILES string of the molecule is C[C@]12CCC3C(CC(=O)[C@H]4CC(CCCCC=O)CC[C@]34C)C1CCC2=O. The third kappa shape index (κ3) is 3.04. The van der Waals surface area contributed by atoms with Crippen molar-refractivity contribution in [3.05, 3.63) is 0 Å². The first-order valence-electron chi connectivity index (χ1n) is 11.4. The van der Waals surface area contributed by atoms with E-state index in [1.54, 1.807) is 0 Å². The Balaban J connectivity index is 1.48. The van der Waals surface area contributed by atoms with Gasteiger partial charge in [0.15, 0.2) is 0 Å². The summed E-state index contributed by atoms with van der Waals surface area (Å²) in [5.41, 5.74) is 0.0205. The molecule has 0 spiro atoms. The fourth-order valence-electron chi connectivity index (χ4n) is 7.81. The summed E-state index contributed by atoms with van der Waals surface area (Å²) in [7, 11) is 0. The number of ketones is 2. The smallest absolute Gasteiger partial charge is 0.139 e. The van der Waals surface area contributed by atoms with Crippen molar-refractivity contribution in [3.63, 3.8) is 0 Å². The predicted molar refractivity (Wildman–Crippen MR) is 105 cm³/mol. The number of rotatable bonds is 5. The lowest BCUT2D eigenvalue weighted by Crippen LogP contribution is -2.56. The van der Waals surface area contributed by atoms with Crippen LogP contribution in [0.5, 0.6) is 0 Å². The van der Waals surface area contributed by atoms with Crippen LogP contribution in [0.3, 0.4) is 0 Å². The maximum atomic E-state index is 13.3. The lowest BCUT2D eigenvalue weighted by atomic mass is 9.44. The molecule has 0 aromatic carbocycles. The first-order valence-corrected chi connectivity index (χ1v) is 11.4. The highest BCUT2D eigenvalue weighted by atomic mass is 16.1. The second-order valence-corrected chi connectivity index (χ2v) is 10.6. The van der Waals surface area contributed by atoms with E-state index in [-0.39, 0.29) is 16.7 Å². The number of Topliss-reactive ketones (excluding diaryl/α,β-unsaturated/α-hetero) is 2. The fourth-order valence-corrected chi connectivity index (χ4v) is 7.81. The average molecular weight is 373 g/mol. The lowest BCUT2D eigenvalue weighted by molar-refractivity contribution is -0.158. The van der Waals surface area contributed by atoms with Crippen molar-refractivity contribution in [2.24, 2.45) is 40.4 Å². The van der Waals surface area contributed by atoms with Gasteiger partial charge in [0.2, 0.25) is 0 Å². The van der Waals surface area contributed by atoms with E-state index < -0.39 is 0 Å². The van der Waals surface area contributed by atoms with Gasteiger partial charge in [0.25, 0.3) is 0 Å². The average Bonchev–Trinajstić information content (AvgIpc) is 2.95. The van der Waals surface area contributed by atoms with E-state index >= 15 is 0 Å². The van der Waals surface area contributed by atoms with Gasteiger partial charge in [-0.1, -0.05) is 26.7 Å². The second-order valence-electron chi connectivity index (χ2n) is 10.6. The number of carbonyl (C=O) groups excluding carboxylic acids is 3. The topological polar surface area (TPSA) is 51.2 Å². The molecule has 0 aliphatic heterocycles. The van der Waals surface area contributed by atoms with Gasteiger partial charge in [-0.2, -0.15) is 0 Å². The normalized spacial score (nSPS) is 46.5. The van der Waals surface area contributed by atoms with Crippen LogP contribution >= 0.6 is 0 Å². The number of hydrogen-bond acceptors (Lipinski definition) is 3. The summed E-state index contributed by atoms with van der Waals surface area (Å²) < 4.78 is 0. The van der Waals surface area contributed by atoms with Gasteiger partial charge in [-0.15, -0.1) is 0 Å². The van der Waals surface area contributed by atoms with Crippen molar-refractivity contribution in [1.82, 2.24) is 0 Å². The zero-order valence-electron chi connectivity index (χ0n) is 17.2. The second kappa shape index (κ2) is 7.12. The lowest BCUT2D eigenvalue weighted by Gasteiger charge is -2.59. The first kappa shape index (κ1) is 19.3. The zero-order valence-corrected chi connectivity index (χ0v) is 17.2. The van der Waals surface area contributed by atoms with E-state index in [2.05, 4.69) is 13.8 Å². The Bertz CT molecular complexity index is 625. The molecule has 0 aromatic heterocycles. The molecule has 4 fully saturated rings. The van der Waals surface area contributed by atoms with Crippen molar-refractivity contribution in [2.45, 2.75) is 90.9 Å². The van der Waals surface area contributed by atoms with Crippen LogP contribution in [0.25, 0.3) is 0 Å². The Kier molecular flexibility index (Phi) is 5.10. The summed E-state index contributed by atoms with van der Waals surface area (Å²) in [4.78, 5) is 36.3. The quantitative estimate of drug-likeness (QED) is 0.495. The molecule has 150 valence electrons. The molecule has 27 heavy (non-hydrogen) atoms. The summed E-state index contributed by atoms with van der Waals surface area (Å²) in [6, 6.07) is 0. The third-order valence-electron chi connectivity index (χ3n) is 9.46. The first-order chi connectivity index (χ1) is 12.9. The molecule has 7 atom stereocenters. The summed E-state index contributed by atoms with van der Waals surface area (Å²) >= 11 is 0. The molecular weight excluding hydrogens is 336 g/mol. The van der Waals surface area contributed by atoms with Crippen LogP contribution in [0, 0.1) is 40.4 Å². The standard InChI is InChI=1S/C24H36O3/c1-23-11-9-16(6-4-3-5-13-25)14-20(23)21(26)15-17-18-7-8-22(27)24(18,2)12-10-19(17)23/h13,16-20H,3-12,14-15H2,1-2H3/t16?,17?,18?,19?,20-,23-,24+/m1/s1. The minimum atomic E-state index is -0.138. The van der Waals surface area contributed by atoms with Gasteiger partial charge in [-0.05, 0) is 74.0 Å². The molecule has 0 aromatic rings. The Morgan fingerprint density at radius 3 is 2.63 bits per heavy atom. The molecule has 3 heteroatoms. The molecule has 0 amide bonds. The maximum absolute atomic E-state index is 13.3. The minimum Gasteiger partial charge on any atom is -0.303 e. The summed E-state index contributed by atoms with van der Waals surface area (Å²) in [5, 5.41) is 0. The van der Waals surface area contributed by atoms with Gasteiger partial charge in [0, 0.05) is 30.6 Å². The Labute approximate surface area is 164 Å². The molecule has 4 unspecified atom stereocenters. The van der Waals surface area contributed by atoms with E-state index in [1.807, 2.05) is 0 Å². The molecule has 4 aliphatic rings. The monoisotopic (exact) mass is 372 g/mol. The molecular formula is C24H36O3. The van der Waals surface area contributed by atoms with E-state index in [0.29, 0.717) is 41.7 Å². The number of unbranched alkanes of at least 4 members (excludes halogenated alkanes) is 2. The van der Waals surface area contributed by atoms with Crippen molar-refractivity contribution in [2.75, 3.05) is 0 Å². The number of hydrogen-bond donors (Lipinski definition) is 0. The van der Waals surface area contributed by atoms with Gasteiger partial charge in [-0.3, -0.25) is 9.59 Å². The summed E-state index contributed by atoms with van der Waals surface area (Å²) in [5.74, 6) is 3.41. The molecule has 0 heterocycles. The Morgan fingerprint density at radius 1 is 1.04 bits per heavy atom. The Hall–Kier alpha value is -0.990. The van der Waals surface area contributed by atoms with E-state index in [9.17, 15) is 14.4 Å². The van der Waals surface area contributed by atoms with E-state index in [0.717, 1.165) is 57.7 Å². The third-order valence-corrected chi connectivity index (χ3v) is 9.46. The van der Waals surface area contributed by atoms with Gasteiger partial charge in [0.05, 0.1) is 0 Å². The van der Waals surface area contributed by atoms with Crippen LogP contribution in [-0.4, -0.2) is 17.9 Å². The van der Waals surface area contributed by atoms with Crippen molar-refractivity contribution in [1.29, 1.82) is 0 Å². The molecule has 4 aliphatic carbocycles. The molecule has 4 rings (SSSR count). The van der Waals surface area contributed by atoms with Gasteiger partial charge in [-0.25, -0.2) is 0 Å². The summed E-state index contributed by atoms with van der Waals surface area (Å²) in [6.45, 7) is 4.60. The van der Waals surface area contributed by atoms with Crippen LogP contribution < -0.4 is 0 Å². The highest BCUT2D eigenvalue weighted by Gasteiger charge is 2.62. The Morgan fingerprint density at radius 2 is 1.85 bits per heavy atom. The van der Waals surface area contributed by atoms with Gasteiger partial charge >= 0.3 is 0 Å². The van der Waals surface area contributed by atoms with Gasteiger partial charge in [0.1, 0.15) is 17.9 Å². The van der Waals surface area contributed by atoms with Crippen LogP contribution in [0.4, 0.5) is 0 Å². The predicted octanol–water partition coefficient (Wildman–Crippen LogP) is 5.15. The molecule has 0 saturated heterocycles. The van der Waals surface area contributed by atoms with Gasteiger partial charge < -0.3 is 4.79 Å². The highest BCUT2D eigenvalue weighted by molar-refractivity contribution is 5.88. The van der Waals surface area contributed by atoms with E-state index in [4.69, 9.17) is 0 Å². The highest BCUT2D eigenvalue weighted by Crippen LogP contribution is 2.65. The van der Waals surface area contributed by atoms with E-state index in [1.165, 1.54) is 19.3 Å². The van der Waals surface area contributed by atoms with Crippen LogP contribution in [0.2, 0.25) is 0 Å². The molecule has 0 radical (unpaired) electrons. The zero-order chi connectivity index (χ0) is 19.2. The molecule has 4 saturated carbocycles. The largest absolute Gasteiger partial charge is 0.303 e. The van der Waals surface area contributed by atoms with Crippen LogP contribution in [-0.2, 0) is 14.4 Å². The summed E-state index contributed by atoms with van der Waals surface area (Å²) in [6.07, 6.45) is 13.2. The fraction of sp³-hybridized carbons (Fsp3) is 0.875. The van der Waals surface area contributed by atoms with Crippen molar-refractivity contribution >= 4 is 17.9 Å². The molecule has 0 bridgehead atoms. The number of carbonyl (C=O) groups is 3. The molecule has 0 N–H and O–H groups in total. The minimum absolute atomic E-state index is 0.138. The number of fused-ring (bicyclic) bond motifs is 5.